The molecule has 0 heterocycles. The Morgan fingerprint density at radius 2 is 1.50 bits per heavy atom. The lowest BCUT2D eigenvalue weighted by atomic mass is 10.2. The summed E-state index contributed by atoms with van der Waals surface area (Å²) in [5, 5.41) is 0. The monoisotopic (exact) mass is 290 g/mol. The molecule has 0 saturated carbocycles. The standard InChI is InChI=1S/C13H16Cl2O3/c14-6-2-8-17-12-4-1-5-13(11(12)10-16)18-9-3-7-15/h1,4-5,10H,2-3,6-9H2. The second-order valence-corrected chi connectivity index (χ2v) is 4.32. The van der Waals surface area contributed by atoms with Crippen LogP contribution in [0, 0.1) is 0 Å². The van der Waals surface area contributed by atoms with Crippen LogP contribution in [0.1, 0.15) is 23.2 Å². The molecule has 0 radical (unpaired) electrons. The van der Waals surface area contributed by atoms with Gasteiger partial charge < -0.3 is 9.47 Å². The number of ether oxygens (including phenoxy) is 2. The lowest BCUT2D eigenvalue weighted by Crippen LogP contribution is -2.04. The topological polar surface area (TPSA) is 35.5 Å². The number of halogens is 2. The molecule has 0 amide bonds. The molecule has 0 bridgehead atoms. The van der Waals surface area contributed by atoms with E-state index in [0.717, 1.165) is 19.1 Å². The van der Waals surface area contributed by atoms with Crippen LogP contribution in [0.25, 0.3) is 0 Å². The summed E-state index contributed by atoms with van der Waals surface area (Å²) in [6.07, 6.45) is 2.21. The minimum Gasteiger partial charge on any atom is -0.493 e. The molecule has 0 atom stereocenters. The highest BCUT2D eigenvalue weighted by Crippen LogP contribution is 2.27. The van der Waals surface area contributed by atoms with E-state index in [1.54, 1.807) is 18.2 Å². The molecule has 0 N–H and O–H groups in total. The van der Waals surface area contributed by atoms with E-state index in [1.165, 1.54) is 0 Å². The van der Waals surface area contributed by atoms with Gasteiger partial charge in [-0.2, -0.15) is 0 Å². The predicted molar refractivity (Wildman–Crippen MR) is 73.5 cm³/mol. The van der Waals surface area contributed by atoms with Gasteiger partial charge in [0, 0.05) is 11.8 Å². The first kappa shape index (κ1) is 15.1. The van der Waals surface area contributed by atoms with Gasteiger partial charge in [-0.25, -0.2) is 0 Å². The van der Waals surface area contributed by atoms with Crippen molar-refractivity contribution in [1.29, 1.82) is 0 Å². The predicted octanol–water partition coefficient (Wildman–Crippen LogP) is 3.51. The molecule has 100 valence electrons. The van der Waals surface area contributed by atoms with Crippen molar-refractivity contribution in [3.8, 4) is 11.5 Å². The molecule has 1 aromatic carbocycles. The maximum atomic E-state index is 11.1. The molecule has 0 unspecified atom stereocenters. The van der Waals surface area contributed by atoms with Crippen molar-refractivity contribution in [3.63, 3.8) is 0 Å². The first-order valence-corrected chi connectivity index (χ1v) is 6.86. The van der Waals surface area contributed by atoms with E-state index in [-0.39, 0.29) is 0 Å². The van der Waals surface area contributed by atoms with Crippen LogP contribution in [0.15, 0.2) is 18.2 Å². The Kier molecular flexibility index (Phi) is 7.62. The van der Waals surface area contributed by atoms with Crippen molar-refractivity contribution in [2.45, 2.75) is 12.8 Å². The van der Waals surface area contributed by atoms with E-state index in [0.29, 0.717) is 42.0 Å². The van der Waals surface area contributed by atoms with Crippen LogP contribution in [-0.4, -0.2) is 31.3 Å². The number of rotatable bonds is 9. The van der Waals surface area contributed by atoms with E-state index in [2.05, 4.69) is 0 Å². The van der Waals surface area contributed by atoms with E-state index in [1.807, 2.05) is 0 Å². The first-order chi connectivity index (χ1) is 8.83. The molecule has 0 aliphatic heterocycles. The van der Waals surface area contributed by atoms with Crippen LogP contribution in [0.2, 0.25) is 0 Å². The van der Waals surface area contributed by atoms with Gasteiger partial charge in [0.25, 0.3) is 0 Å². The average molecular weight is 291 g/mol. The summed E-state index contributed by atoms with van der Waals surface area (Å²) in [5.74, 6) is 2.11. The molecule has 0 spiro atoms. The maximum Gasteiger partial charge on any atom is 0.157 e. The Balaban J connectivity index is 2.71. The molecule has 0 fully saturated rings. The van der Waals surface area contributed by atoms with Gasteiger partial charge in [0.2, 0.25) is 0 Å². The quantitative estimate of drug-likeness (QED) is 0.397. The maximum absolute atomic E-state index is 11.1. The summed E-state index contributed by atoms with van der Waals surface area (Å²) in [5.41, 5.74) is 0.432. The van der Waals surface area contributed by atoms with Gasteiger partial charge in [0.1, 0.15) is 11.5 Å². The van der Waals surface area contributed by atoms with Crippen LogP contribution in [0.4, 0.5) is 0 Å². The van der Waals surface area contributed by atoms with Gasteiger partial charge in [-0.1, -0.05) is 6.07 Å². The number of hydrogen-bond donors (Lipinski definition) is 0. The highest BCUT2D eigenvalue weighted by atomic mass is 35.5. The molecular formula is C13H16Cl2O3. The molecule has 0 aromatic heterocycles. The van der Waals surface area contributed by atoms with Crippen LogP contribution in [0.3, 0.4) is 0 Å². The number of carbonyl (C=O) groups excluding carboxylic acids is 1. The molecule has 3 nitrogen and oxygen atoms in total. The van der Waals surface area contributed by atoms with Crippen LogP contribution < -0.4 is 9.47 Å². The van der Waals surface area contributed by atoms with Crippen LogP contribution in [0.5, 0.6) is 11.5 Å². The Bertz CT molecular complexity index is 341. The van der Waals surface area contributed by atoms with Crippen molar-refractivity contribution in [2.75, 3.05) is 25.0 Å². The van der Waals surface area contributed by atoms with Gasteiger partial charge >= 0.3 is 0 Å². The summed E-state index contributed by atoms with van der Waals surface area (Å²) in [6.45, 7) is 0.963. The highest BCUT2D eigenvalue weighted by molar-refractivity contribution is 6.18. The number of aldehydes is 1. The Morgan fingerprint density at radius 3 is 1.89 bits per heavy atom. The fourth-order valence-electron chi connectivity index (χ4n) is 1.37. The summed E-state index contributed by atoms with van der Waals surface area (Å²) in [6, 6.07) is 5.28. The molecule has 18 heavy (non-hydrogen) atoms. The minimum absolute atomic E-state index is 0.432. The summed E-state index contributed by atoms with van der Waals surface area (Å²) in [4.78, 5) is 11.1. The lowest BCUT2D eigenvalue weighted by molar-refractivity contribution is 0.111. The van der Waals surface area contributed by atoms with Gasteiger partial charge in [-0.3, -0.25) is 4.79 Å². The fourth-order valence-corrected chi connectivity index (χ4v) is 1.58. The Labute approximate surface area is 117 Å². The number of hydrogen-bond acceptors (Lipinski definition) is 3. The van der Waals surface area contributed by atoms with Crippen molar-refractivity contribution >= 4 is 29.5 Å². The van der Waals surface area contributed by atoms with Gasteiger partial charge in [0.05, 0.1) is 18.8 Å². The van der Waals surface area contributed by atoms with Gasteiger partial charge in [0.15, 0.2) is 6.29 Å². The Morgan fingerprint density at radius 1 is 1.00 bits per heavy atom. The second kappa shape index (κ2) is 9.06. The third-order valence-corrected chi connectivity index (χ3v) is 2.75. The minimum atomic E-state index is 0.432. The first-order valence-electron chi connectivity index (χ1n) is 5.79. The SMILES string of the molecule is O=Cc1c(OCCCCl)cccc1OCCCCl. The molecule has 5 heteroatoms. The summed E-state index contributed by atoms with van der Waals surface area (Å²) >= 11 is 11.1. The largest absolute Gasteiger partial charge is 0.493 e. The van der Waals surface area contributed by atoms with Crippen molar-refractivity contribution < 1.29 is 14.3 Å². The van der Waals surface area contributed by atoms with Crippen molar-refractivity contribution in [3.05, 3.63) is 23.8 Å². The highest BCUT2D eigenvalue weighted by Gasteiger charge is 2.09. The van der Waals surface area contributed by atoms with Crippen LogP contribution >= 0.6 is 23.2 Å². The number of benzene rings is 1. The molecular weight excluding hydrogens is 275 g/mol. The van der Waals surface area contributed by atoms with E-state index in [4.69, 9.17) is 32.7 Å². The normalized spacial score (nSPS) is 10.1. The summed E-state index contributed by atoms with van der Waals surface area (Å²) < 4.78 is 11.0. The molecule has 1 rings (SSSR count). The molecule has 0 saturated heterocycles. The third-order valence-electron chi connectivity index (χ3n) is 2.22. The van der Waals surface area contributed by atoms with E-state index < -0.39 is 0 Å². The molecule has 0 aliphatic carbocycles. The van der Waals surface area contributed by atoms with Crippen molar-refractivity contribution in [2.24, 2.45) is 0 Å². The van der Waals surface area contributed by atoms with Crippen molar-refractivity contribution in [1.82, 2.24) is 0 Å². The van der Waals surface area contributed by atoms with Gasteiger partial charge in [-0.05, 0) is 25.0 Å². The van der Waals surface area contributed by atoms with E-state index in [9.17, 15) is 4.79 Å². The average Bonchev–Trinajstić information content (AvgIpc) is 2.39. The zero-order chi connectivity index (χ0) is 13.2. The smallest absolute Gasteiger partial charge is 0.157 e. The van der Waals surface area contributed by atoms with Gasteiger partial charge in [-0.15, -0.1) is 23.2 Å². The second-order valence-electron chi connectivity index (χ2n) is 3.57. The third kappa shape index (κ3) is 4.75. The Hall–Kier alpha value is -0.930. The zero-order valence-electron chi connectivity index (χ0n) is 10.0. The van der Waals surface area contributed by atoms with E-state index >= 15 is 0 Å². The molecule has 1 aromatic rings. The molecule has 0 aliphatic rings. The number of carbonyl (C=O) groups is 1. The lowest BCUT2D eigenvalue weighted by Gasteiger charge is -2.12. The number of alkyl halides is 2. The zero-order valence-corrected chi connectivity index (χ0v) is 11.5. The van der Waals surface area contributed by atoms with Crippen LogP contribution in [-0.2, 0) is 0 Å². The summed E-state index contributed by atoms with van der Waals surface area (Å²) in [7, 11) is 0. The fraction of sp³-hybridized carbons (Fsp3) is 0.462.